The highest BCUT2D eigenvalue weighted by Gasteiger charge is 2.44. The monoisotopic (exact) mass is 1230 g/mol. The maximum Gasteiger partial charge on any atom is 0.220 e. The lowest BCUT2D eigenvalue weighted by atomic mass is 9.99. The molecule has 1 heterocycles. The molecule has 1 rings (SSSR count). The first-order valence-electron chi connectivity index (χ1n) is 38.7. The Morgan fingerprint density at radius 3 is 0.989 bits per heavy atom. The maximum atomic E-state index is 13.2. The fourth-order valence-electron chi connectivity index (χ4n) is 12.7. The molecular formula is C78H149NO8. The summed E-state index contributed by atoms with van der Waals surface area (Å²) in [6.07, 6.45) is 84.2. The fourth-order valence-corrected chi connectivity index (χ4v) is 12.7. The Balaban J connectivity index is 2.07. The van der Waals surface area contributed by atoms with Gasteiger partial charge in [-0.15, -0.1) is 0 Å². The molecule has 0 aromatic carbocycles. The number of nitrogens with one attached hydrogen (secondary N) is 1. The number of unbranched alkanes of at least 4 members (excludes halogenated alkanes) is 55. The fraction of sp³-hybridized carbons (Fsp3) is 0.910. The molecule has 0 saturated carbocycles. The molecule has 1 aliphatic heterocycles. The molecule has 0 aliphatic carbocycles. The van der Waals surface area contributed by atoms with Crippen LogP contribution in [0.5, 0.6) is 0 Å². The summed E-state index contributed by atoms with van der Waals surface area (Å²) >= 11 is 0. The maximum absolute atomic E-state index is 13.2. The van der Waals surface area contributed by atoms with E-state index in [1.54, 1.807) is 6.08 Å². The Morgan fingerprint density at radius 2 is 0.678 bits per heavy atom. The minimum Gasteiger partial charge on any atom is -0.394 e. The van der Waals surface area contributed by atoms with Gasteiger partial charge in [-0.25, -0.2) is 0 Å². The van der Waals surface area contributed by atoms with E-state index in [0.29, 0.717) is 6.42 Å². The highest BCUT2D eigenvalue weighted by molar-refractivity contribution is 5.76. The standard InChI is InChI=1S/C78H149NO8/c1-3-5-7-9-11-13-15-17-19-21-23-25-27-29-31-33-34-35-36-37-38-40-42-44-46-48-50-52-54-56-58-60-62-64-66-68-74(82)79-71(70-86-78-77(85)76(84)75(83)73(69-80)87-78)72(81)67-65-63-61-59-57-55-53-51-49-47-45-43-41-39-32-30-28-26-24-22-20-18-16-14-12-10-8-6-4-2/h15,17,21,23,65,67,71-73,75-78,80-81,83-85H,3-14,16,18-20,22,24-64,66,68-70H2,1-2H3,(H,79,82)/b17-15-,23-21-,67-65+. The van der Waals surface area contributed by atoms with Crippen molar-refractivity contribution in [3.63, 3.8) is 0 Å². The average molecular weight is 1230 g/mol. The van der Waals surface area contributed by atoms with E-state index >= 15 is 0 Å². The second kappa shape index (κ2) is 67.3. The minimum absolute atomic E-state index is 0.168. The topological polar surface area (TPSA) is 149 Å². The summed E-state index contributed by atoms with van der Waals surface area (Å²) in [6, 6.07) is -0.805. The number of aliphatic hydroxyl groups is 5. The van der Waals surface area contributed by atoms with E-state index in [4.69, 9.17) is 9.47 Å². The lowest BCUT2D eigenvalue weighted by molar-refractivity contribution is -0.302. The molecule has 7 atom stereocenters. The van der Waals surface area contributed by atoms with E-state index in [1.807, 2.05) is 6.08 Å². The molecule has 1 amide bonds. The lowest BCUT2D eigenvalue weighted by Crippen LogP contribution is -2.60. The van der Waals surface area contributed by atoms with Crippen LogP contribution in [-0.4, -0.2) is 87.5 Å². The predicted molar refractivity (Wildman–Crippen MR) is 373 cm³/mol. The van der Waals surface area contributed by atoms with Gasteiger partial charge in [-0.1, -0.05) is 378 Å². The van der Waals surface area contributed by atoms with Crippen molar-refractivity contribution in [3.05, 3.63) is 36.5 Å². The Labute approximate surface area is 540 Å². The van der Waals surface area contributed by atoms with Gasteiger partial charge >= 0.3 is 0 Å². The third-order valence-corrected chi connectivity index (χ3v) is 18.7. The van der Waals surface area contributed by atoms with Crippen molar-refractivity contribution in [1.82, 2.24) is 5.32 Å². The molecule has 9 heteroatoms. The minimum atomic E-state index is -1.57. The van der Waals surface area contributed by atoms with Gasteiger partial charge in [0, 0.05) is 6.42 Å². The van der Waals surface area contributed by atoms with Gasteiger partial charge in [0.1, 0.15) is 24.4 Å². The summed E-state index contributed by atoms with van der Waals surface area (Å²) in [5.74, 6) is -0.168. The first-order chi connectivity index (χ1) is 42.8. The lowest BCUT2D eigenvalue weighted by Gasteiger charge is -2.40. The summed E-state index contributed by atoms with van der Waals surface area (Å²) in [4.78, 5) is 13.2. The predicted octanol–water partition coefficient (Wildman–Crippen LogP) is 21.8. The zero-order valence-electron chi connectivity index (χ0n) is 57.8. The van der Waals surface area contributed by atoms with Gasteiger partial charge in [0.25, 0.3) is 0 Å². The number of ether oxygens (including phenoxy) is 2. The van der Waals surface area contributed by atoms with Crippen LogP contribution in [0.4, 0.5) is 0 Å². The highest BCUT2D eigenvalue weighted by Crippen LogP contribution is 2.24. The SMILES string of the molecule is CCCCCCC/C=C\C/C=C\CCCCCCCCCCCCCCCCCCCCCCCCCC(=O)NC(COC1OC(CO)C(O)C(O)C1O)C(O)/C=C/CCCCCCCCCCCCCCCCCCCCCCCCCCCCC. The molecule has 9 nitrogen and oxygen atoms in total. The number of carbonyl (C=O) groups excluding carboxylic acids is 1. The highest BCUT2D eigenvalue weighted by atomic mass is 16.7. The van der Waals surface area contributed by atoms with Crippen LogP contribution in [0.2, 0.25) is 0 Å². The summed E-state index contributed by atoms with van der Waals surface area (Å²) in [7, 11) is 0. The van der Waals surface area contributed by atoms with Gasteiger partial charge in [-0.2, -0.15) is 0 Å². The third-order valence-electron chi connectivity index (χ3n) is 18.7. The molecule has 0 aromatic rings. The van der Waals surface area contributed by atoms with Crippen LogP contribution in [0.3, 0.4) is 0 Å². The van der Waals surface area contributed by atoms with Crippen LogP contribution < -0.4 is 5.32 Å². The van der Waals surface area contributed by atoms with Gasteiger partial charge < -0.3 is 40.3 Å². The Bertz CT molecular complexity index is 1470. The van der Waals surface area contributed by atoms with Crippen molar-refractivity contribution in [3.8, 4) is 0 Å². The molecule has 7 unspecified atom stereocenters. The second-order valence-corrected chi connectivity index (χ2v) is 27.2. The van der Waals surface area contributed by atoms with Gasteiger partial charge in [0.15, 0.2) is 6.29 Å². The molecule has 0 aromatic heterocycles. The van der Waals surface area contributed by atoms with Crippen LogP contribution in [0.15, 0.2) is 36.5 Å². The van der Waals surface area contributed by atoms with E-state index < -0.39 is 49.5 Å². The first-order valence-corrected chi connectivity index (χ1v) is 38.7. The van der Waals surface area contributed by atoms with Crippen molar-refractivity contribution in [1.29, 1.82) is 0 Å². The molecule has 1 aliphatic rings. The zero-order valence-corrected chi connectivity index (χ0v) is 57.8. The Hall–Kier alpha value is -1.59. The first kappa shape index (κ1) is 83.4. The van der Waals surface area contributed by atoms with Gasteiger partial charge in [0.05, 0.1) is 25.4 Å². The quantitative estimate of drug-likeness (QED) is 0.0261. The van der Waals surface area contributed by atoms with Crippen LogP contribution >= 0.6 is 0 Å². The number of hydrogen-bond acceptors (Lipinski definition) is 8. The largest absolute Gasteiger partial charge is 0.394 e. The van der Waals surface area contributed by atoms with E-state index in [0.717, 1.165) is 44.9 Å². The van der Waals surface area contributed by atoms with E-state index in [9.17, 15) is 30.3 Å². The van der Waals surface area contributed by atoms with Crippen LogP contribution in [0, 0.1) is 0 Å². The smallest absolute Gasteiger partial charge is 0.220 e. The Kier molecular flexibility index (Phi) is 64.5. The number of amides is 1. The normalized spacial score (nSPS) is 18.1. The van der Waals surface area contributed by atoms with E-state index in [1.165, 1.54) is 334 Å². The molecule has 1 saturated heterocycles. The number of rotatable bonds is 69. The summed E-state index contributed by atoms with van der Waals surface area (Å²) < 4.78 is 11.3. The van der Waals surface area contributed by atoms with Gasteiger partial charge in [0.2, 0.25) is 5.91 Å². The van der Waals surface area contributed by atoms with E-state index in [-0.39, 0.29) is 12.5 Å². The van der Waals surface area contributed by atoms with Crippen molar-refractivity contribution in [2.75, 3.05) is 13.2 Å². The molecule has 6 N–H and O–H groups in total. The van der Waals surface area contributed by atoms with Gasteiger partial charge in [-0.05, 0) is 51.4 Å². The number of hydrogen-bond donors (Lipinski definition) is 6. The molecular weight excluding hydrogens is 1080 g/mol. The molecule has 0 radical (unpaired) electrons. The second-order valence-electron chi connectivity index (χ2n) is 27.2. The van der Waals surface area contributed by atoms with Gasteiger partial charge in [-0.3, -0.25) is 4.79 Å². The summed E-state index contributed by atoms with van der Waals surface area (Å²) in [5, 5.41) is 54.9. The summed E-state index contributed by atoms with van der Waals surface area (Å²) in [5.41, 5.74) is 0. The van der Waals surface area contributed by atoms with Crippen LogP contribution in [0.1, 0.15) is 399 Å². The molecule has 1 fully saturated rings. The molecule has 0 spiro atoms. The van der Waals surface area contributed by atoms with Crippen LogP contribution in [-0.2, 0) is 14.3 Å². The van der Waals surface area contributed by atoms with E-state index in [2.05, 4.69) is 43.5 Å². The molecule has 514 valence electrons. The number of carbonyl (C=O) groups is 1. The summed E-state index contributed by atoms with van der Waals surface area (Å²) in [6.45, 7) is 3.83. The van der Waals surface area contributed by atoms with Crippen molar-refractivity contribution < 1.29 is 39.8 Å². The number of aliphatic hydroxyl groups excluding tert-OH is 5. The average Bonchev–Trinajstić information content (AvgIpc) is 3.47. The third kappa shape index (κ3) is 55.7. The van der Waals surface area contributed by atoms with Crippen molar-refractivity contribution in [2.24, 2.45) is 0 Å². The van der Waals surface area contributed by atoms with Crippen molar-refractivity contribution in [2.45, 2.75) is 442 Å². The number of allylic oxidation sites excluding steroid dienone is 5. The molecule has 87 heavy (non-hydrogen) atoms. The van der Waals surface area contributed by atoms with Crippen LogP contribution in [0.25, 0.3) is 0 Å². The Morgan fingerprint density at radius 1 is 0.391 bits per heavy atom. The molecule has 0 bridgehead atoms. The van der Waals surface area contributed by atoms with Crippen molar-refractivity contribution >= 4 is 5.91 Å². The zero-order chi connectivity index (χ0) is 62.8.